The number of hydrogen-bond acceptors (Lipinski definition) is 3. The van der Waals surface area contributed by atoms with E-state index in [9.17, 15) is 13.9 Å². The minimum absolute atomic E-state index is 0.262. The molecule has 2 rings (SSSR count). The van der Waals surface area contributed by atoms with Crippen molar-refractivity contribution in [2.24, 2.45) is 7.05 Å². The summed E-state index contributed by atoms with van der Waals surface area (Å²) in [4.78, 5) is 6.23. The Balaban J connectivity index is 1.88. The molecule has 0 fully saturated rings. The third kappa shape index (κ3) is 4.34. The normalized spacial score (nSPS) is 12.9. The van der Waals surface area contributed by atoms with Gasteiger partial charge in [-0.15, -0.1) is 0 Å². The molecule has 1 atom stereocenters. The first-order valence-electron chi connectivity index (χ1n) is 6.74. The third-order valence-corrected chi connectivity index (χ3v) is 3.39. The number of benzene rings is 1. The summed E-state index contributed by atoms with van der Waals surface area (Å²) in [6, 6.07) is 3.11. The summed E-state index contributed by atoms with van der Waals surface area (Å²) >= 11 is 0. The van der Waals surface area contributed by atoms with Gasteiger partial charge in [0.15, 0.2) is 0 Å². The zero-order valence-corrected chi connectivity index (χ0v) is 12.1. The Morgan fingerprint density at radius 2 is 1.95 bits per heavy atom. The Morgan fingerprint density at radius 3 is 2.52 bits per heavy atom. The molecular formula is C15H19F2N3O. The standard InChI is InChI=1S/C15H19F2N3O/c1-19(10-15-18-4-6-20(15)2)5-3-14(21)11-7-12(16)9-13(17)8-11/h4,6-9,14,21H,3,5,10H2,1-2H3. The highest BCUT2D eigenvalue weighted by molar-refractivity contribution is 5.20. The average molecular weight is 295 g/mol. The molecule has 1 aromatic carbocycles. The van der Waals surface area contributed by atoms with E-state index in [-0.39, 0.29) is 5.56 Å². The molecule has 0 amide bonds. The fraction of sp³-hybridized carbons (Fsp3) is 0.400. The molecule has 0 saturated carbocycles. The second-order valence-corrected chi connectivity index (χ2v) is 5.20. The molecular weight excluding hydrogens is 276 g/mol. The summed E-state index contributed by atoms with van der Waals surface area (Å²) < 4.78 is 28.1. The van der Waals surface area contributed by atoms with Crippen LogP contribution in [0.3, 0.4) is 0 Å². The average Bonchev–Trinajstić information content (AvgIpc) is 2.80. The lowest BCUT2D eigenvalue weighted by atomic mass is 10.1. The quantitative estimate of drug-likeness (QED) is 0.888. The number of aromatic nitrogens is 2. The van der Waals surface area contributed by atoms with Gasteiger partial charge in [-0.05, 0) is 31.2 Å². The van der Waals surface area contributed by atoms with E-state index in [0.717, 1.165) is 24.0 Å². The number of aliphatic hydroxyl groups excluding tert-OH is 1. The third-order valence-electron chi connectivity index (χ3n) is 3.39. The van der Waals surface area contributed by atoms with Crippen LogP contribution in [0.1, 0.15) is 23.9 Å². The molecule has 2 aromatic rings. The lowest BCUT2D eigenvalue weighted by molar-refractivity contribution is 0.146. The number of aliphatic hydroxyl groups is 1. The Morgan fingerprint density at radius 1 is 1.29 bits per heavy atom. The van der Waals surface area contributed by atoms with Crippen molar-refractivity contribution >= 4 is 0 Å². The first-order valence-corrected chi connectivity index (χ1v) is 6.74. The molecule has 1 aromatic heterocycles. The molecule has 0 bridgehead atoms. The number of nitrogens with zero attached hydrogens (tertiary/aromatic N) is 3. The van der Waals surface area contributed by atoms with Gasteiger partial charge in [-0.3, -0.25) is 4.90 Å². The first kappa shape index (κ1) is 15.6. The van der Waals surface area contributed by atoms with E-state index in [2.05, 4.69) is 4.98 Å². The predicted molar refractivity (Wildman–Crippen MR) is 75.5 cm³/mol. The first-order chi connectivity index (χ1) is 9.95. The van der Waals surface area contributed by atoms with Crippen LogP contribution in [0, 0.1) is 11.6 Å². The molecule has 114 valence electrons. The number of rotatable bonds is 6. The molecule has 1 heterocycles. The topological polar surface area (TPSA) is 41.3 Å². The zero-order chi connectivity index (χ0) is 15.4. The molecule has 6 heteroatoms. The van der Waals surface area contributed by atoms with Gasteiger partial charge in [-0.25, -0.2) is 13.8 Å². The highest BCUT2D eigenvalue weighted by Crippen LogP contribution is 2.19. The molecule has 0 saturated heterocycles. The van der Waals surface area contributed by atoms with Gasteiger partial charge in [0.1, 0.15) is 17.5 Å². The number of halogens is 2. The van der Waals surface area contributed by atoms with E-state index in [1.54, 1.807) is 6.20 Å². The van der Waals surface area contributed by atoms with Crippen molar-refractivity contribution < 1.29 is 13.9 Å². The van der Waals surface area contributed by atoms with Gasteiger partial charge >= 0.3 is 0 Å². The molecule has 21 heavy (non-hydrogen) atoms. The van der Waals surface area contributed by atoms with Crippen LogP contribution in [0.4, 0.5) is 8.78 Å². The minimum Gasteiger partial charge on any atom is -0.388 e. The van der Waals surface area contributed by atoms with Crippen molar-refractivity contribution in [3.63, 3.8) is 0 Å². The van der Waals surface area contributed by atoms with Crippen LogP contribution >= 0.6 is 0 Å². The summed E-state index contributed by atoms with van der Waals surface area (Å²) in [5.74, 6) is -0.431. The predicted octanol–water partition coefficient (Wildman–Crippen LogP) is 2.25. The summed E-state index contributed by atoms with van der Waals surface area (Å²) in [5.41, 5.74) is 0.262. The van der Waals surface area contributed by atoms with Gasteiger partial charge in [0, 0.05) is 32.1 Å². The lowest BCUT2D eigenvalue weighted by Crippen LogP contribution is -2.22. The maximum atomic E-state index is 13.1. The number of imidazole rings is 1. The SMILES string of the molecule is CN(CCC(O)c1cc(F)cc(F)c1)Cc1nccn1C. The second kappa shape index (κ2) is 6.78. The van der Waals surface area contributed by atoms with E-state index in [1.165, 1.54) is 0 Å². The van der Waals surface area contributed by atoms with Gasteiger partial charge in [-0.2, -0.15) is 0 Å². The lowest BCUT2D eigenvalue weighted by Gasteiger charge is -2.19. The van der Waals surface area contributed by atoms with Crippen molar-refractivity contribution in [3.05, 3.63) is 53.6 Å². The Kier molecular flexibility index (Phi) is 5.03. The van der Waals surface area contributed by atoms with Crippen LogP contribution in [0.25, 0.3) is 0 Å². The monoisotopic (exact) mass is 295 g/mol. The Hall–Kier alpha value is -1.79. The second-order valence-electron chi connectivity index (χ2n) is 5.20. The summed E-state index contributed by atoms with van der Waals surface area (Å²) in [5, 5.41) is 10.0. The molecule has 1 unspecified atom stereocenters. The Bertz CT molecular complexity index is 580. The van der Waals surface area contributed by atoms with Crippen molar-refractivity contribution in [2.45, 2.75) is 19.1 Å². The van der Waals surface area contributed by atoms with Crippen LogP contribution in [0.2, 0.25) is 0 Å². The number of hydrogen-bond donors (Lipinski definition) is 1. The summed E-state index contributed by atoms with van der Waals surface area (Å²) in [7, 11) is 3.83. The highest BCUT2D eigenvalue weighted by Gasteiger charge is 2.12. The summed E-state index contributed by atoms with van der Waals surface area (Å²) in [6.45, 7) is 1.24. The van der Waals surface area contributed by atoms with Gasteiger partial charge in [-0.1, -0.05) is 0 Å². The van der Waals surface area contributed by atoms with Crippen LogP contribution in [0.5, 0.6) is 0 Å². The fourth-order valence-corrected chi connectivity index (χ4v) is 2.15. The van der Waals surface area contributed by atoms with E-state index in [1.807, 2.05) is 29.8 Å². The highest BCUT2D eigenvalue weighted by atomic mass is 19.1. The maximum Gasteiger partial charge on any atom is 0.126 e. The van der Waals surface area contributed by atoms with Gasteiger partial charge < -0.3 is 9.67 Å². The number of aryl methyl sites for hydroxylation is 1. The molecule has 0 spiro atoms. The van der Waals surface area contributed by atoms with Crippen LogP contribution in [-0.4, -0.2) is 33.1 Å². The van der Waals surface area contributed by atoms with E-state index in [0.29, 0.717) is 19.5 Å². The van der Waals surface area contributed by atoms with Crippen molar-refractivity contribution in [1.82, 2.24) is 14.5 Å². The zero-order valence-electron chi connectivity index (χ0n) is 12.1. The largest absolute Gasteiger partial charge is 0.388 e. The van der Waals surface area contributed by atoms with Crippen LogP contribution in [-0.2, 0) is 13.6 Å². The van der Waals surface area contributed by atoms with E-state index >= 15 is 0 Å². The molecule has 4 nitrogen and oxygen atoms in total. The fourth-order valence-electron chi connectivity index (χ4n) is 2.15. The maximum absolute atomic E-state index is 13.1. The molecule has 0 aliphatic heterocycles. The molecule has 0 radical (unpaired) electrons. The van der Waals surface area contributed by atoms with Gasteiger partial charge in [0.05, 0.1) is 12.6 Å². The van der Waals surface area contributed by atoms with Crippen molar-refractivity contribution in [3.8, 4) is 0 Å². The van der Waals surface area contributed by atoms with Gasteiger partial charge in [0.25, 0.3) is 0 Å². The van der Waals surface area contributed by atoms with E-state index < -0.39 is 17.7 Å². The van der Waals surface area contributed by atoms with Crippen LogP contribution in [0.15, 0.2) is 30.6 Å². The smallest absolute Gasteiger partial charge is 0.126 e. The van der Waals surface area contributed by atoms with Crippen molar-refractivity contribution in [2.75, 3.05) is 13.6 Å². The van der Waals surface area contributed by atoms with Crippen LogP contribution < -0.4 is 0 Å². The van der Waals surface area contributed by atoms with E-state index in [4.69, 9.17) is 0 Å². The Labute approximate surface area is 122 Å². The molecule has 1 N–H and O–H groups in total. The molecule has 0 aliphatic carbocycles. The van der Waals surface area contributed by atoms with Crippen molar-refractivity contribution in [1.29, 1.82) is 0 Å². The molecule has 0 aliphatic rings. The van der Waals surface area contributed by atoms with Gasteiger partial charge in [0.2, 0.25) is 0 Å². The summed E-state index contributed by atoms with van der Waals surface area (Å²) in [6.07, 6.45) is 3.10. The minimum atomic E-state index is -0.890.